The van der Waals surface area contributed by atoms with Crippen LogP contribution in [0, 0.1) is 13.8 Å². The van der Waals surface area contributed by atoms with Crippen molar-refractivity contribution in [2.24, 2.45) is 0 Å². The Morgan fingerprint density at radius 2 is 1.28 bits per heavy atom. The van der Waals surface area contributed by atoms with Gasteiger partial charge in [-0.3, -0.25) is 0 Å². The summed E-state index contributed by atoms with van der Waals surface area (Å²) in [6.45, 7) is 15.7. The Hall–Kier alpha value is -1.64. The van der Waals surface area contributed by atoms with Crippen molar-refractivity contribution in [3.8, 4) is 20.9 Å². The van der Waals surface area contributed by atoms with E-state index in [1.165, 1.54) is 52.9 Å². The van der Waals surface area contributed by atoms with Gasteiger partial charge in [0.15, 0.2) is 0 Å². The fourth-order valence-corrected chi connectivity index (χ4v) is 7.07. The first kappa shape index (κ1) is 15.6. The molecule has 1 atom stereocenters. The molecular weight excluding hydrogens is 340 g/mol. The molecule has 0 saturated carbocycles. The van der Waals surface area contributed by atoms with Crippen molar-refractivity contribution in [3.63, 3.8) is 0 Å². The molecule has 2 heteroatoms. The molecule has 0 radical (unpaired) electrons. The fraction of sp³-hybridized carbons (Fsp3) is 0.304. The Morgan fingerprint density at radius 1 is 0.760 bits per heavy atom. The number of thiophene rings is 2. The van der Waals surface area contributed by atoms with Crippen LogP contribution in [0.5, 0.6) is 0 Å². The maximum atomic E-state index is 4.20. The van der Waals surface area contributed by atoms with Crippen LogP contribution in [-0.2, 0) is 10.8 Å². The molecule has 0 nitrogen and oxygen atoms in total. The van der Waals surface area contributed by atoms with Crippen LogP contribution >= 0.6 is 22.7 Å². The average Bonchev–Trinajstić information content (AvgIpc) is 3.24. The highest BCUT2D eigenvalue weighted by Gasteiger charge is 2.43. The molecule has 0 aliphatic heterocycles. The minimum atomic E-state index is -0.0797. The van der Waals surface area contributed by atoms with Crippen LogP contribution in [0.15, 0.2) is 36.9 Å². The molecule has 2 heterocycles. The standard InChI is InChI=1S/C23H22S2/c1-7-23(6)17-11-14-16(10-15(17)21-19(23)9-13(3)25-21)22(4,5)18-8-12(2)24-20(14)18/h7-11H,1H2,2-6H3. The van der Waals surface area contributed by atoms with Gasteiger partial charge in [0.05, 0.1) is 0 Å². The van der Waals surface area contributed by atoms with Crippen molar-refractivity contribution in [3.05, 3.63) is 68.9 Å². The number of hydrogen-bond acceptors (Lipinski definition) is 2. The molecule has 0 saturated heterocycles. The number of benzene rings is 1. The quantitative estimate of drug-likeness (QED) is 0.401. The summed E-state index contributed by atoms with van der Waals surface area (Å²) < 4.78 is 0. The molecule has 126 valence electrons. The molecule has 0 fully saturated rings. The molecule has 5 rings (SSSR count). The van der Waals surface area contributed by atoms with Gasteiger partial charge in [-0.15, -0.1) is 29.3 Å². The first-order chi connectivity index (χ1) is 11.8. The average molecular weight is 363 g/mol. The van der Waals surface area contributed by atoms with E-state index in [0.717, 1.165) is 0 Å². The monoisotopic (exact) mass is 362 g/mol. The molecule has 1 unspecified atom stereocenters. The Morgan fingerprint density at radius 3 is 1.92 bits per heavy atom. The number of fused-ring (bicyclic) bond motifs is 6. The predicted octanol–water partition coefficient (Wildman–Crippen LogP) is 7.21. The van der Waals surface area contributed by atoms with Crippen LogP contribution in [-0.4, -0.2) is 0 Å². The smallest absolute Gasteiger partial charge is 0.0393 e. The molecule has 25 heavy (non-hydrogen) atoms. The van der Waals surface area contributed by atoms with E-state index in [1.807, 2.05) is 22.7 Å². The van der Waals surface area contributed by atoms with Crippen LogP contribution < -0.4 is 0 Å². The lowest BCUT2D eigenvalue weighted by Crippen LogP contribution is -2.17. The van der Waals surface area contributed by atoms with Gasteiger partial charge in [-0.1, -0.05) is 19.9 Å². The van der Waals surface area contributed by atoms with E-state index in [2.05, 4.69) is 71.5 Å². The highest BCUT2D eigenvalue weighted by molar-refractivity contribution is 7.16. The van der Waals surface area contributed by atoms with E-state index < -0.39 is 0 Å². The van der Waals surface area contributed by atoms with E-state index >= 15 is 0 Å². The van der Waals surface area contributed by atoms with Crippen LogP contribution in [0.25, 0.3) is 20.9 Å². The lowest BCUT2D eigenvalue weighted by atomic mass is 9.78. The van der Waals surface area contributed by atoms with Gasteiger partial charge in [0, 0.05) is 30.3 Å². The van der Waals surface area contributed by atoms with Crippen LogP contribution in [0.4, 0.5) is 0 Å². The summed E-state index contributed by atoms with van der Waals surface area (Å²) in [5, 5.41) is 0. The largest absolute Gasteiger partial charge is 0.140 e. The summed E-state index contributed by atoms with van der Waals surface area (Å²) in [5.74, 6) is 0. The second-order valence-corrected chi connectivity index (χ2v) is 10.7. The van der Waals surface area contributed by atoms with Gasteiger partial charge in [0.1, 0.15) is 0 Å². The minimum absolute atomic E-state index is 0.0797. The topological polar surface area (TPSA) is 0 Å². The maximum absolute atomic E-state index is 4.20. The predicted molar refractivity (Wildman–Crippen MR) is 111 cm³/mol. The molecule has 2 aliphatic rings. The summed E-state index contributed by atoms with van der Waals surface area (Å²) in [5.41, 5.74) is 8.72. The Kier molecular flexibility index (Phi) is 2.84. The summed E-state index contributed by atoms with van der Waals surface area (Å²) >= 11 is 3.87. The van der Waals surface area contributed by atoms with Gasteiger partial charge in [-0.2, -0.15) is 0 Å². The molecule has 0 amide bonds. The fourth-order valence-electron chi connectivity index (χ4n) is 4.71. The van der Waals surface area contributed by atoms with Crippen molar-refractivity contribution in [2.45, 2.75) is 45.4 Å². The van der Waals surface area contributed by atoms with Crippen molar-refractivity contribution >= 4 is 22.7 Å². The molecule has 2 aromatic heterocycles. The van der Waals surface area contributed by atoms with Gasteiger partial charge in [-0.05, 0) is 78.4 Å². The number of rotatable bonds is 1. The highest BCUT2D eigenvalue weighted by Crippen LogP contribution is 2.59. The summed E-state index contributed by atoms with van der Waals surface area (Å²) in [4.78, 5) is 5.71. The van der Waals surface area contributed by atoms with Crippen molar-refractivity contribution in [1.82, 2.24) is 0 Å². The van der Waals surface area contributed by atoms with E-state index in [-0.39, 0.29) is 10.8 Å². The molecule has 0 spiro atoms. The van der Waals surface area contributed by atoms with E-state index in [1.54, 1.807) is 0 Å². The first-order valence-corrected chi connectivity index (χ1v) is 10.5. The number of hydrogen-bond donors (Lipinski definition) is 0. The third-order valence-corrected chi connectivity index (χ3v) is 8.40. The summed E-state index contributed by atoms with van der Waals surface area (Å²) in [6.07, 6.45) is 2.14. The zero-order valence-electron chi connectivity index (χ0n) is 15.4. The van der Waals surface area contributed by atoms with Gasteiger partial charge in [0.25, 0.3) is 0 Å². The van der Waals surface area contributed by atoms with Crippen LogP contribution in [0.2, 0.25) is 0 Å². The highest BCUT2D eigenvalue weighted by atomic mass is 32.1. The lowest BCUT2D eigenvalue weighted by Gasteiger charge is -2.25. The van der Waals surface area contributed by atoms with E-state index in [9.17, 15) is 0 Å². The summed E-state index contributed by atoms with van der Waals surface area (Å²) in [6, 6.07) is 9.70. The lowest BCUT2D eigenvalue weighted by molar-refractivity contribution is 0.661. The van der Waals surface area contributed by atoms with Gasteiger partial charge in [-0.25, -0.2) is 0 Å². The molecule has 3 aromatic rings. The molecule has 0 bridgehead atoms. The molecular formula is C23H22S2. The SMILES string of the molecule is C=CC1(C)c2cc3c(cc2-c2sc(C)cc21)C(C)(C)c1cc(C)sc1-3. The van der Waals surface area contributed by atoms with E-state index in [0.29, 0.717) is 0 Å². The maximum Gasteiger partial charge on any atom is 0.0393 e. The van der Waals surface area contributed by atoms with Crippen molar-refractivity contribution in [2.75, 3.05) is 0 Å². The van der Waals surface area contributed by atoms with Crippen molar-refractivity contribution < 1.29 is 0 Å². The second-order valence-electron chi connectivity index (χ2n) is 8.17. The van der Waals surface area contributed by atoms with Crippen LogP contribution in [0.3, 0.4) is 0 Å². The van der Waals surface area contributed by atoms with Crippen LogP contribution in [0.1, 0.15) is 52.8 Å². The minimum Gasteiger partial charge on any atom is -0.140 e. The first-order valence-electron chi connectivity index (χ1n) is 8.82. The van der Waals surface area contributed by atoms with Gasteiger partial charge >= 0.3 is 0 Å². The van der Waals surface area contributed by atoms with Gasteiger partial charge < -0.3 is 0 Å². The second kappa shape index (κ2) is 4.55. The summed E-state index contributed by atoms with van der Waals surface area (Å²) in [7, 11) is 0. The number of allylic oxidation sites excluding steroid dienone is 1. The normalized spacial score (nSPS) is 21.6. The number of aryl methyl sites for hydroxylation is 2. The third kappa shape index (κ3) is 1.72. The third-order valence-electron chi connectivity index (χ3n) is 6.23. The Bertz CT molecular complexity index is 1070. The molecule has 2 aliphatic carbocycles. The molecule has 0 N–H and O–H groups in total. The Balaban J connectivity index is 1.87. The van der Waals surface area contributed by atoms with Gasteiger partial charge in [0.2, 0.25) is 0 Å². The van der Waals surface area contributed by atoms with E-state index in [4.69, 9.17) is 0 Å². The molecule has 1 aromatic carbocycles. The van der Waals surface area contributed by atoms with Crippen molar-refractivity contribution in [1.29, 1.82) is 0 Å². The zero-order valence-corrected chi connectivity index (χ0v) is 17.0. The zero-order chi connectivity index (χ0) is 17.7. The Labute approximate surface area is 157 Å².